The number of carbonyl (C=O) groups excluding carboxylic acids is 1. The van der Waals surface area contributed by atoms with E-state index in [1.54, 1.807) is 6.07 Å². The average molecular weight is 307 g/mol. The molecule has 0 aromatic heterocycles. The van der Waals surface area contributed by atoms with Gasteiger partial charge in [-0.1, -0.05) is 38.2 Å². The van der Waals surface area contributed by atoms with Crippen LogP contribution in [0.5, 0.6) is 0 Å². The molecule has 1 rings (SSSR count). The zero-order valence-electron chi connectivity index (χ0n) is 12.9. The molecule has 0 aliphatic carbocycles. The van der Waals surface area contributed by atoms with E-state index in [9.17, 15) is 4.79 Å². The Labute approximate surface area is 132 Å². The topological polar surface area (TPSA) is 58.4 Å². The highest BCUT2D eigenvalue weighted by Crippen LogP contribution is 2.11. The quantitative estimate of drug-likeness (QED) is 0.689. The van der Waals surface area contributed by atoms with Crippen molar-refractivity contribution in [2.75, 3.05) is 25.0 Å². The Morgan fingerprint density at radius 3 is 2.71 bits per heavy atom. The monoisotopic (exact) mass is 307 g/mol. The molecule has 0 atom stereocenters. The van der Waals surface area contributed by atoms with Gasteiger partial charge in [0, 0.05) is 17.7 Å². The van der Waals surface area contributed by atoms with Crippen molar-refractivity contribution >= 4 is 28.8 Å². The van der Waals surface area contributed by atoms with E-state index < -0.39 is 0 Å². The van der Waals surface area contributed by atoms with Crippen LogP contribution in [0.15, 0.2) is 24.3 Å². The van der Waals surface area contributed by atoms with E-state index in [0.717, 1.165) is 43.7 Å². The Morgan fingerprint density at radius 1 is 1.33 bits per heavy atom. The summed E-state index contributed by atoms with van der Waals surface area (Å²) >= 11 is 4.93. The van der Waals surface area contributed by atoms with Gasteiger partial charge in [-0.05, 0) is 44.6 Å². The number of amides is 1. The van der Waals surface area contributed by atoms with Crippen molar-refractivity contribution in [1.82, 2.24) is 4.90 Å². The first-order valence-electron chi connectivity index (χ1n) is 7.48. The molecule has 0 saturated heterocycles. The Morgan fingerprint density at radius 2 is 2.10 bits per heavy atom. The SMILES string of the molecule is CCCN(CC)CCCC(=O)Nc1cccc(C(N)=S)c1. The maximum Gasteiger partial charge on any atom is 0.224 e. The van der Waals surface area contributed by atoms with Gasteiger partial charge in [-0.2, -0.15) is 0 Å². The molecule has 4 nitrogen and oxygen atoms in total. The number of nitrogens with two attached hydrogens (primary N) is 1. The standard InChI is InChI=1S/C16H25N3OS/c1-3-10-19(4-2)11-6-9-15(20)18-14-8-5-7-13(12-14)16(17)21/h5,7-8,12H,3-4,6,9-11H2,1-2H3,(H2,17,21)(H,18,20). The van der Waals surface area contributed by atoms with Gasteiger partial charge >= 0.3 is 0 Å². The van der Waals surface area contributed by atoms with Crippen molar-refractivity contribution in [3.05, 3.63) is 29.8 Å². The summed E-state index contributed by atoms with van der Waals surface area (Å²) in [5, 5.41) is 2.89. The van der Waals surface area contributed by atoms with Crippen LogP contribution in [0.4, 0.5) is 5.69 Å². The van der Waals surface area contributed by atoms with Crippen LogP contribution in [0.1, 0.15) is 38.7 Å². The predicted molar refractivity (Wildman–Crippen MR) is 92.6 cm³/mol. The third kappa shape index (κ3) is 6.69. The third-order valence-corrected chi connectivity index (χ3v) is 3.53. The molecule has 0 unspecified atom stereocenters. The van der Waals surface area contributed by atoms with Crippen LogP contribution in [-0.4, -0.2) is 35.4 Å². The average Bonchev–Trinajstić information content (AvgIpc) is 2.46. The predicted octanol–water partition coefficient (Wildman–Crippen LogP) is 2.77. The van der Waals surface area contributed by atoms with Crippen LogP contribution in [0.2, 0.25) is 0 Å². The van der Waals surface area contributed by atoms with Crippen molar-refractivity contribution in [3.63, 3.8) is 0 Å². The first kappa shape index (κ1) is 17.6. The molecular formula is C16H25N3OS. The Balaban J connectivity index is 2.40. The minimum absolute atomic E-state index is 0.0302. The Hall–Kier alpha value is -1.46. The largest absolute Gasteiger partial charge is 0.389 e. The minimum Gasteiger partial charge on any atom is -0.389 e. The van der Waals surface area contributed by atoms with E-state index in [-0.39, 0.29) is 5.91 Å². The molecule has 1 aromatic carbocycles. The van der Waals surface area contributed by atoms with Gasteiger partial charge in [0.1, 0.15) is 4.99 Å². The second-order valence-corrected chi connectivity index (χ2v) is 5.47. The van der Waals surface area contributed by atoms with E-state index >= 15 is 0 Å². The van der Waals surface area contributed by atoms with E-state index in [1.807, 2.05) is 18.2 Å². The van der Waals surface area contributed by atoms with Crippen molar-refractivity contribution < 1.29 is 4.79 Å². The molecule has 0 bridgehead atoms. The zero-order valence-corrected chi connectivity index (χ0v) is 13.7. The highest BCUT2D eigenvalue weighted by Gasteiger charge is 2.06. The van der Waals surface area contributed by atoms with Gasteiger partial charge in [-0.25, -0.2) is 0 Å². The summed E-state index contributed by atoms with van der Waals surface area (Å²) in [5.74, 6) is 0.0302. The summed E-state index contributed by atoms with van der Waals surface area (Å²) < 4.78 is 0. The summed E-state index contributed by atoms with van der Waals surface area (Å²) in [4.78, 5) is 14.6. The van der Waals surface area contributed by atoms with Gasteiger partial charge in [0.05, 0.1) is 0 Å². The molecule has 3 N–H and O–H groups in total. The molecule has 0 heterocycles. The first-order chi connectivity index (χ1) is 10.1. The van der Waals surface area contributed by atoms with E-state index in [4.69, 9.17) is 18.0 Å². The number of nitrogens with one attached hydrogen (secondary N) is 1. The molecule has 1 amide bonds. The van der Waals surface area contributed by atoms with Crippen LogP contribution in [0, 0.1) is 0 Å². The molecule has 5 heteroatoms. The van der Waals surface area contributed by atoms with Gasteiger partial charge in [0.25, 0.3) is 0 Å². The number of carbonyl (C=O) groups is 1. The van der Waals surface area contributed by atoms with Crippen LogP contribution >= 0.6 is 12.2 Å². The van der Waals surface area contributed by atoms with Gasteiger partial charge in [0.2, 0.25) is 5.91 Å². The lowest BCUT2D eigenvalue weighted by Gasteiger charge is -2.19. The fourth-order valence-electron chi connectivity index (χ4n) is 2.18. The van der Waals surface area contributed by atoms with Crippen molar-refractivity contribution in [2.24, 2.45) is 5.73 Å². The fourth-order valence-corrected chi connectivity index (χ4v) is 2.31. The maximum atomic E-state index is 11.9. The van der Waals surface area contributed by atoms with Crippen molar-refractivity contribution in [3.8, 4) is 0 Å². The van der Waals surface area contributed by atoms with Crippen molar-refractivity contribution in [2.45, 2.75) is 33.1 Å². The lowest BCUT2D eigenvalue weighted by atomic mass is 10.2. The second kappa shape index (κ2) is 9.47. The smallest absolute Gasteiger partial charge is 0.224 e. The summed E-state index contributed by atoms with van der Waals surface area (Å²) in [7, 11) is 0. The molecule has 0 fully saturated rings. The highest BCUT2D eigenvalue weighted by molar-refractivity contribution is 7.80. The molecule has 0 aliphatic rings. The maximum absolute atomic E-state index is 11.9. The Bertz CT molecular complexity index is 476. The van der Waals surface area contributed by atoms with Crippen LogP contribution < -0.4 is 11.1 Å². The van der Waals surface area contributed by atoms with Gasteiger partial charge in [-0.15, -0.1) is 0 Å². The van der Waals surface area contributed by atoms with E-state index in [1.165, 1.54) is 0 Å². The van der Waals surface area contributed by atoms with Gasteiger partial charge < -0.3 is 16.0 Å². The normalized spacial score (nSPS) is 10.6. The summed E-state index contributed by atoms with van der Waals surface area (Å²) in [6, 6.07) is 7.32. The highest BCUT2D eigenvalue weighted by atomic mass is 32.1. The number of anilines is 1. The number of benzene rings is 1. The lowest BCUT2D eigenvalue weighted by molar-refractivity contribution is -0.116. The molecule has 0 spiro atoms. The molecule has 21 heavy (non-hydrogen) atoms. The fraction of sp³-hybridized carbons (Fsp3) is 0.500. The zero-order chi connectivity index (χ0) is 15.7. The van der Waals surface area contributed by atoms with Gasteiger partial charge in [-0.3, -0.25) is 4.79 Å². The lowest BCUT2D eigenvalue weighted by Crippen LogP contribution is -2.26. The number of nitrogens with zero attached hydrogens (tertiary/aromatic N) is 1. The number of hydrogen-bond donors (Lipinski definition) is 2. The molecule has 0 aliphatic heterocycles. The number of rotatable bonds is 9. The van der Waals surface area contributed by atoms with Gasteiger partial charge in [0.15, 0.2) is 0 Å². The Kier molecular flexibility index (Phi) is 7.93. The number of hydrogen-bond acceptors (Lipinski definition) is 3. The summed E-state index contributed by atoms with van der Waals surface area (Å²) in [6.45, 7) is 7.41. The minimum atomic E-state index is 0.0302. The van der Waals surface area contributed by atoms with Crippen LogP contribution in [-0.2, 0) is 4.79 Å². The van der Waals surface area contributed by atoms with Crippen molar-refractivity contribution in [1.29, 1.82) is 0 Å². The molecule has 0 radical (unpaired) electrons. The molecular weight excluding hydrogens is 282 g/mol. The summed E-state index contributed by atoms with van der Waals surface area (Å²) in [6.07, 6.45) is 2.54. The van der Waals surface area contributed by atoms with E-state index in [0.29, 0.717) is 11.4 Å². The van der Waals surface area contributed by atoms with Crippen LogP contribution in [0.25, 0.3) is 0 Å². The molecule has 116 valence electrons. The summed E-state index contributed by atoms with van der Waals surface area (Å²) in [5.41, 5.74) is 7.09. The van der Waals surface area contributed by atoms with Crippen LogP contribution in [0.3, 0.4) is 0 Å². The second-order valence-electron chi connectivity index (χ2n) is 5.03. The molecule has 1 aromatic rings. The first-order valence-corrected chi connectivity index (χ1v) is 7.89. The third-order valence-electron chi connectivity index (χ3n) is 3.30. The number of thiocarbonyl (C=S) groups is 1. The molecule has 0 saturated carbocycles. The van der Waals surface area contributed by atoms with E-state index in [2.05, 4.69) is 24.1 Å².